The van der Waals surface area contributed by atoms with Crippen LogP contribution in [0.1, 0.15) is 48.0 Å². The molecule has 3 aliphatic heterocycles. The van der Waals surface area contributed by atoms with E-state index in [4.69, 9.17) is 19.7 Å². The van der Waals surface area contributed by atoms with Crippen LogP contribution in [-0.2, 0) is 4.74 Å². The summed E-state index contributed by atoms with van der Waals surface area (Å²) in [5, 5.41) is 0. The lowest BCUT2D eigenvalue weighted by Gasteiger charge is -2.39. The van der Waals surface area contributed by atoms with Crippen LogP contribution in [0.25, 0.3) is 39.4 Å². The Bertz CT molecular complexity index is 1830. The number of piperidine rings is 1. The molecule has 1 unspecified atom stereocenters. The number of hydrogen-bond donors (Lipinski definition) is 0. The van der Waals surface area contributed by atoms with Crippen LogP contribution in [0.4, 0.5) is 20.4 Å². The maximum absolute atomic E-state index is 14.6. The summed E-state index contributed by atoms with van der Waals surface area (Å²) in [6.45, 7) is 3.05. The van der Waals surface area contributed by atoms with Crippen LogP contribution in [0.2, 0.25) is 0 Å². The molecule has 0 amide bonds. The van der Waals surface area contributed by atoms with Gasteiger partial charge in [-0.2, -0.15) is 4.98 Å². The highest BCUT2D eigenvalue weighted by molar-refractivity contribution is 6.01. The number of morpholine rings is 1. The fourth-order valence-corrected chi connectivity index (χ4v) is 6.36. The van der Waals surface area contributed by atoms with Crippen molar-refractivity contribution in [2.24, 2.45) is 0 Å². The number of para-hydroxylation sites is 1. The number of ether oxygens (including phenoxy) is 1. The highest BCUT2D eigenvalue weighted by Crippen LogP contribution is 2.43. The molecule has 3 aliphatic rings. The normalized spacial score (nSPS) is 18.6. The molecule has 41 heavy (non-hydrogen) atoms. The van der Waals surface area contributed by atoms with E-state index in [1.165, 1.54) is 4.57 Å². The first-order valence-corrected chi connectivity index (χ1v) is 13.7. The zero-order valence-corrected chi connectivity index (χ0v) is 22.0. The monoisotopic (exact) mass is 557 g/mol. The van der Waals surface area contributed by atoms with Crippen molar-refractivity contribution in [3.05, 3.63) is 48.0 Å². The van der Waals surface area contributed by atoms with Gasteiger partial charge in [0.05, 0.1) is 35.5 Å². The van der Waals surface area contributed by atoms with Crippen molar-refractivity contribution in [1.82, 2.24) is 34.1 Å². The van der Waals surface area contributed by atoms with Crippen molar-refractivity contribution in [3.63, 3.8) is 0 Å². The molecule has 7 heterocycles. The first-order valence-electron chi connectivity index (χ1n) is 13.7. The molecule has 2 saturated heterocycles. The molecule has 0 aliphatic carbocycles. The molecule has 1 aromatic carbocycles. The van der Waals surface area contributed by atoms with Gasteiger partial charge in [-0.25, -0.2) is 23.7 Å². The molecular formula is C28H25F2N9O2. The quantitative estimate of drug-likeness (QED) is 0.287. The van der Waals surface area contributed by atoms with Gasteiger partial charge in [0.15, 0.2) is 17.8 Å². The molecule has 5 aromatic rings. The molecule has 0 saturated carbocycles. The summed E-state index contributed by atoms with van der Waals surface area (Å²) in [7, 11) is 0. The van der Waals surface area contributed by atoms with Crippen molar-refractivity contribution < 1.29 is 18.3 Å². The predicted molar refractivity (Wildman–Crippen MR) is 147 cm³/mol. The van der Waals surface area contributed by atoms with Gasteiger partial charge in [0.1, 0.15) is 17.4 Å². The summed E-state index contributed by atoms with van der Waals surface area (Å²) in [6.07, 6.45) is 3.34. The molecule has 4 aromatic heterocycles. The second-order valence-corrected chi connectivity index (χ2v) is 10.4. The number of nitrogens with zero attached hydrogens (tertiary/aromatic N) is 9. The largest absolute Gasteiger partial charge is 0.378 e. The summed E-state index contributed by atoms with van der Waals surface area (Å²) in [6, 6.07) is 7.29. The molecule has 11 nitrogen and oxygen atoms in total. The molecule has 0 radical (unpaired) electrons. The van der Waals surface area contributed by atoms with E-state index in [1.54, 1.807) is 18.5 Å². The van der Waals surface area contributed by atoms with Crippen LogP contribution in [0, 0.1) is 0 Å². The van der Waals surface area contributed by atoms with E-state index < -0.39 is 6.43 Å². The van der Waals surface area contributed by atoms with Crippen LogP contribution in [-0.4, -0.2) is 73.2 Å². The summed E-state index contributed by atoms with van der Waals surface area (Å²) >= 11 is 0. The highest BCUT2D eigenvalue weighted by atomic mass is 19.3. The summed E-state index contributed by atoms with van der Waals surface area (Å²) < 4.78 is 38.1. The second-order valence-electron chi connectivity index (χ2n) is 10.4. The number of imidazole rings is 2. The van der Waals surface area contributed by atoms with Gasteiger partial charge in [-0.1, -0.05) is 12.1 Å². The standard InChI is InChI=1S/C28H25F2N9O2/c29-24(30)26-32-21-17-4-3-5-19(21)38(26)28-34-23-22(17)33-27(36-10-12-41-13-11-36)35-25(23)39(28)20-6-1-2-9-37(20)18-7-8-31-14-16(18)15-40/h3-5,7-8,14-15,20,24H,1-2,6,9-13H2. The minimum atomic E-state index is -2.83. The maximum Gasteiger partial charge on any atom is 0.296 e. The van der Waals surface area contributed by atoms with Gasteiger partial charge in [0, 0.05) is 37.6 Å². The SMILES string of the molecule is O=Cc1cnccc1N1CCCCC1n1c2nc3c(nc(N4CCOCC4)nc31)-c1cccc3c1nc(C(F)F)n3-2. The van der Waals surface area contributed by atoms with E-state index >= 15 is 0 Å². The van der Waals surface area contributed by atoms with Crippen molar-refractivity contribution in [2.75, 3.05) is 42.6 Å². The molecule has 0 spiro atoms. The third-order valence-electron chi connectivity index (χ3n) is 8.20. The number of benzene rings is 1. The van der Waals surface area contributed by atoms with Crippen molar-refractivity contribution >= 4 is 40.1 Å². The first-order chi connectivity index (χ1) is 20.1. The fraction of sp³-hybridized carbons (Fsp3) is 0.357. The Hall–Kier alpha value is -4.52. The smallest absolute Gasteiger partial charge is 0.296 e. The van der Waals surface area contributed by atoms with Crippen LogP contribution in [0.15, 0.2) is 36.7 Å². The Morgan fingerprint density at radius 3 is 2.71 bits per heavy atom. The summed E-state index contributed by atoms with van der Waals surface area (Å²) in [4.78, 5) is 39.8. The minimum Gasteiger partial charge on any atom is -0.378 e. The lowest BCUT2D eigenvalue weighted by atomic mass is 10.1. The lowest BCUT2D eigenvalue weighted by molar-refractivity contribution is 0.112. The van der Waals surface area contributed by atoms with Crippen LogP contribution < -0.4 is 9.80 Å². The zero-order chi connectivity index (χ0) is 27.7. The molecule has 2 fully saturated rings. The number of aldehydes is 1. The van der Waals surface area contributed by atoms with E-state index in [2.05, 4.69) is 19.8 Å². The summed E-state index contributed by atoms with van der Waals surface area (Å²) in [5.74, 6) is 0.464. The third-order valence-corrected chi connectivity index (χ3v) is 8.20. The Morgan fingerprint density at radius 1 is 1.00 bits per heavy atom. The minimum absolute atomic E-state index is 0.308. The van der Waals surface area contributed by atoms with Crippen LogP contribution in [0.5, 0.6) is 0 Å². The van der Waals surface area contributed by atoms with Gasteiger partial charge in [0.25, 0.3) is 6.43 Å². The Kier molecular flexibility index (Phi) is 5.49. The number of aromatic nitrogens is 7. The van der Waals surface area contributed by atoms with E-state index in [-0.39, 0.29) is 12.0 Å². The van der Waals surface area contributed by atoms with Crippen molar-refractivity contribution in [2.45, 2.75) is 31.9 Å². The number of anilines is 2. The molecular weight excluding hydrogens is 532 g/mol. The topological polar surface area (TPSA) is 107 Å². The number of fused-ring (bicyclic) bond motifs is 3. The van der Waals surface area contributed by atoms with E-state index in [0.29, 0.717) is 90.2 Å². The predicted octanol–water partition coefficient (Wildman–Crippen LogP) is 4.32. The van der Waals surface area contributed by atoms with E-state index in [9.17, 15) is 13.6 Å². The number of halogens is 2. The fourth-order valence-electron chi connectivity index (χ4n) is 6.36. The van der Waals surface area contributed by atoms with Gasteiger partial charge < -0.3 is 14.5 Å². The van der Waals surface area contributed by atoms with Crippen molar-refractivity contribution in [1.29, 1.82) is 0 Å². The van der Waals surface area contributed by atoms with Gasteiger partial charge >= 0.3 is 0 Å². The molecule has 0 N–H and O–H groups in total. The van der Waals surface area contributed by atoms with Crippen molar-refractivity contribution in [3.8, 4) is 17.2 Å². The molecule has 8 rings (SSSR count). The number of pyridine rings is 1. The number of carbonyl (C=O) groups is 1. The molecule has 8 bridgehead atoms. The number of hydrogen-bond acceptors (Lipinski definition) is 9. The van der Waals surface area contributed by atoms with Gasteiger partial charge in [-0.15, -0.1) is 0 Å². The molecule has 13 heteroatoms. The second kappa shape index (κ2) is 9.26. The maximum atomic E-state index is 14.6. The summed E-state index contributed by atoms with van der Waals surface area (Å²) in [5.41, 5.74) is 4.46. The van der Waals surface area contributed by atoms with E-state index in [0.717, 1.165) is 24.8 Å². The number of carbonyl (C=O) groups excluding carboxylic acids is 1. The highest BCUT2D eigenvalue weighted by Gasteiger charge is 2.36. The van der Waals surface area contributed by atoms with Gasteiger partial charge in [-0.05, 0) is 31.4 Å². The average molecular weight is 558 g/mol. The number of rotatable bonds is 5. The third kappa shape index (κ3) is 3.57. The Labute approximate surface area is 232 Å². The lowest BCUT2D eigenvalue weighted by Crippen LogP contribution is -2.39. The zero-order valence-electron chi connectivity index (χ0n) is 22.0. The van der Waals surface area contributed by atoms with Crippen LogP contribution >= 0.6 is 0 Å². The molecule has 1 atom stereocenters. The molecule has 208 valence electrons. The Balaban J connectivity index is 1.45. The Morgan fingerprint density at radius 2 is 1.88 bits per heavy atom. The number of alkyl halides is 2. The average Bonchev–Trinajstić information content (AvgIpc) is 3.61. The van der Waals surface area contributed by atoms with Gasteiger partial charge in [-0.3, -0.25) is 18.9 Å². The van der Waals surface area contributed by atoms with Gasteiger partial charge in [0.2, 0.25) is 11.9 Å². The first kappa shape index (κ1) is 24.3. The van der Waals surface area contributed by atoms with E-state index in [1.807, 2.05) is 22.8 Å². The van der Waals surface area contributed by atoms with Crippen LogP contribution in [0.3, 0.4) is 0 Å².